The molecule has 10 aromatic rings. The van der Waals surface area contributed by atoms with E-state index in [1.54, 1.807) is 6.33 Å². The SMILES string of the molecule is CC.CC.CC.CC.CC.Cc1ccc2cnc(C)nc2c1.Cc1ccc2nc(C)ncc2c1.Cc1ccc2ncnc(C)c2c1.Cc1nc(C)c2ccccc2n1.Cc1ncc2c(C)cccc2n1. The number of para-hydroxylation sites is 1. The van der Waals surface area contributed by atoms with Crippen LogP contribution in [-0.2, 0) is 0 Å². The lowest BCUT2D eigenvalue weighted by molar-refractivity contribution is 1.05. The third-order valence-corrected chi connectivity index (χ3v) is 9.57. The fraction of sp³-hybridized carbons (Fsp3) is 0.333. The van der Waals surface area contributed by atoms with Gasteiger partial charge >= 0.3 is 0 Å². The summed E-state index contributed by atoms with van der Waals surface area (Å²) in [6, 6.07) is 32.7. The first kappa shape index (κ1) is 60.8. The predicted molar refractivity (Wildman–Crippen MR) is 302 cm³/mol. The molecule has 0 bridgehead atoms. The summed E-state index contributed by atoms with van der Waals surface area (Å²) in [4.78, 5) is 42.3. The van der Waals surface area contributed by atoms with E-state index in [2.05, 4.69) is 120 Å². The Bertz CT molecular complexity index is 2960. The van der Waals surface area contributed by atoms with Crippen LogP contribution in [0.15, 0.2) is 122 Å². The molecule has 5 aromatic heterocycles. The van der Waals surface area contributed by atoms with Crippen LogP contribution in [0, 0.1) is 69.2 Å². The summed E-state index contributed by atoms with van der Waals surface area (Å²) in [5.74, 6) is 3.32. The average molecular weight is 941 g/mol. The summed E-state index contributed by atoms with van der Waals surface area (Å²) < 4.78 is 0. The van der Waals surface area contributed by atoms with Crippen molar-refractivity contribution < 1.29 is 0 Å². The highest BCUT2D eigenvalue weighted by molar-refractivity contribution is 5.83. The lowest BCUT2D eigenvalue weighted by Gasteiger charge is -2.00. The first-order chi connectivity index (χ1) is 33.8. The molecule has 10 nitrogen and oxygen atoms in total. The topological polar surface area (TPSA) is 129 Å². The molecule has 0 amide bonds. The fourth-order valence-corrected chi connectivity index (χ4v) is 6.44. The van der Waals surface area contributed by atoms with Gasteiger partial charge in [0.25, 0.3) is 0 Å². The maximum atomic E-state index is 4.33. The number of hydrogen-bond donors (Lipinski definition) is 0. The minimum atomic E-state index is 0.825. The lowest BCUT2D eigenvalue weighted by Crippen LogP contribution is -1.92. The van der Waals surface area contributed by atoms with E-state index in [1.165, 1.54) is 22.3 Å². The van der Waals surface area contributed by atoms with Crippen molar-refractivity contribution in [2.45, 2.75) is 138 Å². The molecule has 0 atom stereocenters. The number of nitrogens with zero attached hydrogens (tertiary/aromatic N) is 10. The Morgan fingerprint density at radius 1 is 0.286 bits per heavy atom. The van der Waals surface area contributed by atoms with Gasteiger partial charge in [0.2, 0.25) is 0 Å². The molecular formula is C60H80N10. The van der Waals surface area contributed by atoms with Crippen LogP contribution in [0.1, 0.15) is 126 Å². The molecule has 370 valence electrons. The Morgan fingerprint density at radius 3 is 1.43 bits per heavy atom. The normalized spacial score (nSPS) is 9.43. The van der Waals surface area contributed by atoms with Crippen LogP contribution in [0.5, 0.6) is 0 Å². The Kier molecular flexibility index (Phi) is 29.0. The van der Waals surface area contributed by atoms with E-state index in [9.17, 15) is 0 Å². The average Bonchev–Trinajstić information content (AvgIpc) is 3.38. The van der Waals surface area contributed by atoms with Crippen molar-refractivity contribution in [2.24, 2.45) is 0 Å². The highest BCUT2D eigenvalue weighted by Gasteiger charge is 2.01. The molecule has 0 unspecified atom stereocenters. The van der Waals surface area contributed by atoms with Crippen LogP contribution in [0.3, 0.4) is 0 Å². The minimum Gasteiger partial charge on any atom is -0.241 e. The van der Waals surface area contributed by atoms with Crippen molar-refractivity contribution in [3.8, 4) is 0 Å². The highest BCUT2D eigenvalue weighted by Crippen LogP contribution is 2.17. The van der Waals surface area contributed by atoms with Crippen LogP contribution >= 0.6 is 0 Å². The van der Waals surface area contributed by atoms with Gasteiger partial charge in [-0.1, -0.05) is 135 Å². The molecule has 0 saturated heterocycles. The van der Waals surface area contributed by atoms with E-state index in [4.69, 9.17) is 0 Å². The van der Waals surface area contributed by atoms with Crippen molar-refractivity contribution in [2.75, 3.05) is 0 Å². The molecule has 0 aliphatic heterocycles. The third kappa shape index (κ3) is 19.4. The predicted octanol–water partition coefficient (Wildman–Crippen LogP) is 16.4. The van der Waals surface area contributed by atoms with Crippen molar-refractivity contribution in [3.63, 3.8) is 0 Å². The fourth-order valence-electron chi connectivity index (χ4n) is 6.44. The second-order valence-corrected chi connectivity index (χ2v) is 14.7. The van der Waals surface area contributed by atoms with E-state index >= 15 is 0 Å². The number of hydrogen-bond acceptors (Lipinski definition) is 10. The number of rotatable bonds is 0. The van der Waals surface area contributed by atoms with Gasteiger partial charge in [-0.3, -0.25) is 0 Å². The van der Waals surface area contributed by atoms with Crippen LogP contribution in [-0.4, -0.2) is 49.8 Å². The standard InChI is InChI=1S/5C10H10N2.5C2H6/c1-7-3-4-10-9(5-7)8(2)11-6-12-10;1-7-3-4-10-9(5-7)6-11-8(2)12-10;1-7-3-4-9-6-11-8(2)12-10(9)5-7;1-7-4-3-5-10-9(7)6-11-8(2)12-10;1-7-9-5-3-4-6-10(9)12-8(2)11-7;5*1-2/h5*3-6H,1-2H3;5*1-2H3. The highest BCUT2D eigenvalue weighted by atomic mass is 14.9. The number of aromatic nitrogens is 10. The molecule has 0 radical (unpaired) electrons. The van der Waals surface area contributed by atoms with Gasteiger partial charge in [-0.2, -0.15) is 0 Å². The van der Waals surface area contributed by atoms with Crippen molar-refractivity contribution >= 4 is 54.5 Å². The molecule has 0 aliphatic carbocycles. The Labute approximate surface area is 420 Å². The van der Waals surface area contributed by atoms with Gasteiger partial charge in [-0.15, -0.1) is 0 Å². The number of aryl methyl sites for hydroxylation is 10. The molecule has 0 saturated carbocycles. The van der Waals surface area contributed by atoms with E-state index in [-0.39, 0.29) is 0 Å². The lowest BCUT2D eigenvalue weighted by atomic mass is 10.1. The molecule has 0 fully saturated rings. The molecule has 5 aromatic carbocycles. The van der Waals surface area contributed by atoms with Gasteiger partial charge in [0.1, 0.15) is 29.6 Å². The summed E-state index contributed by atoms with van der Waals surface area (Å²) in [7, 11) is 0. The van der Waals surface area contributed by atoms with Gasteiger partial charge in [0, 0.05) is 56.9 Å². The molecule has 0 aliphatic rings. The molecule has 0 spiro atoms. The van der Waals surface area contributed by atoms with Gasteiger partial charge in [0.15, 0.2) is 0 Å². The van der Waals surface area contributed by atoms with Gasteiger partial charge in [0.05, 0.1) is 27.6 Å². The summed E-state index contributed by atoms with van der Waals surface area (Å²) in [6.45, 7) is 39.9. The Hall–Kier alpha value is -7.20. The van der Waals surface area contributed by atoms with E-state index < -0.39 is 0 Å². The van der Waals surface area contributed by atoms with Crippen LogP contribution in [0.2, 0.25) is 0 Å². The van der Waals surface area contributed by atoms with Gasteiger partial charge in [-0.05, 0) is 123 Å². The van der Waals surface area contributed by atoms with Crippen molar-refractivity contribution in [3.05, 3.63) is 179 Å². The van der Waals surface area contributed by atoms with Crippen molar-refractivity contribution in [1.82, 2.24) is 49.8 Å². The molecule has 10 heteroatoms. The van der Waals surface area contributed by atoms with Crippen LogP contribution < -0.4 is 0 Å². The first-order valence-corrected chi connectivity index (χ1v) is 24.8. The molecular weight excluding hydrogens is 861 g/mol. The Morgan fingerprint density at radius 2 is 0.771 bits per heavy atom. The third-order valence-electron chi connectivity index (χ3n) is 9.57. The minimum absolute atomic E-state index is 0.825. The Balaban J connectivity index is 0.000000418. The van der Waals surface area contributed by atoms with Crippen LogP contribution in [0.4, 0.5) is 0 Å². The maximum Gasteiger partial charge on any atom is 0.126 e. The summed E-state index contributed by atoms with van der Waals surface area (Å²) in [6.07, 6.45) is 7.21. The maximum absolute atomic E-state index is 4.33. The monoisotopic (exact) mass is 941 g/mol. The largest absolute Gasteiger partial charge is 0.241 e. The summed E-state index contributed by atoms with van der Waals surface area (Å²) in [5.41, 5.74) is 12.2. The van der Waals surface area contributed by atoms with E-state index in [0.717, 1.165) is 89.2 Å². The van der Waals surface area contributed by atoms with Gasteiger partial charge < -0.3 is 0 Å². The van der Waals surface area contributed by atoms with Crippen LogP contribution in [0.25, 0.3) is 54.5 Å². The zero-order valence-electron chi connectivity index (χ0n) is 46.0. The number of fused-ring (bicyclic) bond motifs is 5. The molecule has 70 heavy (non-hydrogen) atoms. The second kappa shape index (κ2) is 33.3. The summed E-state index contributed by atoms with van der Waals surface area (Å²) in [5, 5.41) is 5.65. The quantitative estimate of drug-likeness (QED) is 0.145. The van der Waals surface area contributed by atoms with Gasteiger partial charge in [-0.25, -0.2) is 49.8 Å². The van der Waals surface area contributed by atoms with E-state index in [0.29, 0.717) is 0 Å². The zero-order valence-corrected chi connectivity index (χ0v) is 46.0. The zero-order chi connectivity index (χ0) is 52.8. The number of benzene rings is 5. The smallest absolute Gasteiger partial charge is 0.126 e. The first-order valence-electron chi connectivity index (χ1n) is 24.8. The molecule has 10 rings (SSSR count). The summed E-state index contributed by atoms with van der Waals surface area (Å²) >= 11 is 0. The molecule has 5 heterocycles. The molecule has 0 N–H and O–H groups in total. The van der Waals surface area contributed by atoms with Crippen molar-refractivity contribution in [1.29, 1.82) is 0 Å². The van der Waals surface area contributed by atoms with E-state index in [1.807, 2.05) is 184 Å². The second-order valence-electron chi connectivity index (χ2n) is 14.7.